The summed E-state index contributed by atoms with van der Waals surface area (Å²) in [5.74, 6) is 5.46. The maximum Gasteiger partial charge on any atom is 0.220 e. The molecule has 8 atom stereocenters. The van der Waals surface area contributed by atoms with Crippen molar-refractivity contribution < 1.29 is 4.79 Å². The molecular formula is C32H57NO. The van der Waals surface area contributed by atoms with E-state index >= 15 is 0 Å². The van der Waals surface area contributed by atoms with Crippen molar-refractivity contribution in [3.05, 3.63) is 24.3 Å². The van der Waals surface area contributed by atoms with Crippen molar-refractivity contribution in [2.24, 2.45) is 46.3 Å². The summed E-state index contributed by atoms with van der Waals surface area (Å²) in [6.07, 6.45) is 15.2. The molecule has 0 aromatic rings. The van der Waals surface area contributed by atoms with E-state index in [1.54, 1.807) is 0 Å². The first-order chi connectivity index (χ1) is 16.1. The van der Waals surface area contributed by atoms with Crippen LogP contribution >= 0.6 is 0 Å². The maximum atomic E-state index is 12.0. The molecule has 4 fully saturated rings. The molecule has 196 valence electrons. The molecule has 0 radical (unpaired) electrons. The topological polar surface area (TPSA) is 29.1 Å². The van der Waals surface area contributed by atoms with Crippen molar-refractivity contribution in [2.75, 3.05) is 0 Å². The average Bonchev–Trinajstić information content (AvgIpc) is 3.18. The zero-order valence-corrected chi connectivity index (χ0v) is 24.2. The highest BCUT2D eigenvalue weighted by Gasteiger charge is 2.62. The fraction of sp³-hybridized carbons (Fsp3) is 0.844. The average molecular weight is 472 g/mol. The van der Waals surface area contributed by atoms with Gasteiger partial charge in [-0.2, -0.15) is 0 Å². The van der Waals surface area contributed by atoms with Crippen LogP contribution in [0.15, 0.2) is 24.3 Å². The molecule has 0 spiro atoms. The fourth-order valence-electron chi connectivity index (χ4n) is 8.84. The van der Waals surface area contributed by atoms with E-state index in [4.69, 9.17) is 0 Å². The van der Waals surface area contributed by atoms with E-state index in [1.807, 2.05) is 26.8 Å². The molecule has 0 bridgehead atoms. The van der Waals surface area contributed by atoms with Gasteiger partial charge in [0.2, 0.25) is 5.91 Å². The Balaban J connectivity index is 0.000000350. The van der Waals surface area contributed by atoms with Gasteiger partial charge in [0.1, 0.15) is 0 Å². The van der Waals surface area contributed by atoms with Crippen molar-refractivity contribution in [3.8, 4) is 0 Å². The van der Waals surface area contributed by atoms with Crippen LogP contribution in [0.25, 0.3) is 0 Å². The summed E-state index contributed by atoms with van der Waals surface area (Å²) < 4.78 is 0. The van der Waals surface area contributed by atoms with Gasteiger partial charge in [0, 0.05) is 12.5 Å². The van der Waals surface area contributed by atoms with Crippen molar-refractivity contribution in [1.82, 2.24) is 5.32 Å². The summed E-state index contributed by atoms with van der Waals surface area (Å²) in [7, 11) is 0. The molecule has 1 aliphatic heterocycles. The second-order valence-electron chi connectivity index (χ2n) is 12.4. The summed E-state index contributed by atoms with van der Waals surface area (Å²) >= 11 is 0. The van der Waals surface area contributed by atoms with Crippen LogP contribution in [0.3, 0.4) is 0 Å². The van der Waals surface area contributed by atoms with E-state index in [0.29, 0.717) is 22.8 Å². The largest absolute Gasteiger partial charge is 0.353 e. The van der Waals surface area contributed by atoms with Gasteiger partial charge in [-0.25, -0.2) is 0 Å². The molecule has 1 amide bonds. The molecule has 0 aromatic heterocycles. The Labute approximate surface area is 212 Å². The lowest BCUT2D eigenvalue weighted by atomic mass is 9.44. The van der Waals surface area contributed by atoms with Crippen LogP contribution in [0, 0.1) is 46.3 Å². The van der Waals surface area contributed by atoms with Crippen LogP contribution in [0.2, 0.25) is 0 Å². The Bertz CT molecular complexity index is 708. The summed E-state index contributed by atoms with van der Waals surface area (Å²) in [5.41, 5.74) is 2.28. The molecule has 2 nitrogen and oxygen atoms in total. The molecule has 1 saturated heterocycles. The predicted molar refractivity (Wildman–Crippen MR) is 149 cm³/mol. The second kappa shape index (κ2) is 12.3. The number of fused-ring (bicyclic) bond motifs is 5. The molecule has 1 N–H and O–H groups in total. The minimum absolute atomic E-state index is 0.296. The van der Waals surface area contributed by atoms with Gasteiger partial charge >= 0.3 is 0 Å². The van der Waals surface area contributed by atoms with Gasteiger partial charge in [-0.1, -0.05) is 86.1 Å². The van der Waals surface area contributed by atoms with Gasteiger partial charge in [-0.3, -0.25) is 4.79 Å². The number of carbonyl (C=O) groups is 1. The van der Waals surface area contributed by atoms with Gasteiger partial charge < -0.3 is 5.32 Å². The van der Waals surface area contributed by atoms with E-state index in [0.717, 1.165) is 48.3 Å². The second-order valence-corrected chi connectivity index (χ2v) is 12.4. The molecule has 0 aromatic carbocycles. The van der Waals surface area contributed by atoms with E-state index in [2.05, 4.69) is 59.5 Å². The van der Waals surface area contributed by atoms with E-state index in [1.165, 1.54) is 50.5 Å². The van der Waals surface area contributed by atoms with Crippen LogP contribution in [-0.2, 0) is 4.79 Å². The minimum Gasteiger partial charge on any atom is -0.353 e. The van der Waals surface area contributed by atoms with Crippen molar-refractivity contribution in [1.29, 1.82) is 0 Å². The SMILES string of the molecule is C=C/C(=C/C)CCC.CC.CC(C)C1CCC2C3C(C)CC4NC(=O)CCC4(C)C3CCC12C. The third kappa shape index (κ3) is 5.52. The first-order valence-electron chi connectivity index (χ1n) is 14.7. The maximum absolute atomic E-state index is 12.0. The minimum atomic E-state index is 0.296. The van der Waals surface area contributed by atoms with Gasteiger partial charge in [0.05, 0.1) is 0 Å². The Hall–Kier alpha value is -1.05. The molecule has 4 rings (SSSR count). The first-order valence-corrected chi connectivity index (χ1v) is 14.7. The van der Waals surface area contributed by atoms with Crippen molar-refractivity contribution >= 4 is 5.91 Å². The first kappa shape index (κ1) is 29.2. The van der Waals surface area contributed by atoms with E-state index in [9.17, 15) is 4.79 Å². The predicted octanol–water partition coefficient (Wildman–Crippen LogP) is 8.97. The van der Waals surface area contributed by atoms with Gasteiger partial charge in [0.15, 0.2) is 0 Å². The lowest BCUT2D eigenvalue weighted by Gasteiger charge is -2.62. The fourth-order valence-corrected chi connectivity index (χ4v) is 8.84. The highest BCUT2D eigenvalue weighted by Crippen LogP contribution is 2.67. The number of hydrogen-bond acceptors (Lipinski definition) is 1. The molecule has 3 aliphatic carbocycles. The number of hydrogen-bond donors (Lipinski definition) is 1. The lowest BCUT2D eigenvalue weighted by Crippen LogP contribution is -2.63. The highest BCUT2D eigenvalue weighted by atomic mass is 16.1. The third-order valence-electron chi connectivity index (χ3n) is 10.5. The number of piperidine rings is 1. The molecule has 1 heterocycles. The Morgan fingerprint density at radius 3 is 2.29 bits per heavy atom. The molecule has 3 saturated carbocycles. The van der Waals surface area contributed by atoms with Crippen LogP contribution < -0.4 is 5.32 Å². The standard InChI is InChI=1S/C22H37NO.C8H14.C2H6/c1-13(2)15-6-7-16-20-14(3)12-18-22(5,11-9-19(24)23-18)17(20)8-10-21(15,16)4;1-4-7-8(5-2)6-3;1-2/h13-18,20H,6-12H2,1-5H3,(H,23,24);5-6H,2,4,7H2,1,3H3;1-2H3/b;8-6-;. The summed E-state index contributed by atoms with van der Waals surface area (Å²) in [6.45, 7) is 24.4. The molecule has 4 aliphatic rings. The van der Waals surface area contributed by atoms with Crippen LogP contribution in [0.5, 0.6) is 0 Å². The van der Waals surface area contributed by atoms with Crippen molar-refractivity contribution in [2.45, 2.75) is 126 Å². The van der Waals surface area contributed by atoms with E-state index < -0.39 is 0 Å². The number of rotatable bonds is 4. The monoisotopic (exact) mass is 471 g/mol. The van der Waals surface area contributed by atoms with Gasteiger partial charge in [0.25, 0.3) is 0 Å². The van der Waals surface area contributed by atoms with E-state index in [-0.39, 0.29) is 0 Å². The van der Waals surface area contributed by atoms with Crippen LogP contribution in [0.1, 0.15) is 120 Å². The lowest BCUT2D eigenvalue weighted by molar-refractivity contribution is -0.144. The van der Waals surface area contributed by atoms with Crippen LogP contribution in [-0.4, -0.2) is 11.9 Å². The zero-order valence-electron chi connectivity index (χ0n) is 24.2. The Morgan fingerprint density at radius 2 is 1.76 bits per heavy atom. The summed E-state index contributed by atoms with van der Waals surface area (Å²) in [6, 6.07) is 0.432. The molecule has 8 unspecified atom stereocenters. The highest BCUT2D eigenvalue weighted by molar-refractivity contribution is 5.77. The Morgan fingerprint density at radius 1 is 1.12 bits per heavy atom. The molecular weight excluding hydrogens is 414 g/mol. The number of nitrogens with one attached hydrogen (secondary N) is 1. The Kier molecular flexibility index (Phi) is 10.5. The molecule has 34 heavy (non-hydrogen) atoms. The smallest absolute Gasteiger partial charge is 0.220 e. The van der Waals surface area contributed by atoms with Crippen LogP contribution in [0.4, 0.5) is 0 Å². The van der Waals surface area contributed by atoms with Gasteiger partial charge in [-0.05, 0) is 98.2 Å². The number of amides is 1. The zero-order chi connectivity index (χ0) is 25.7. The third-order valence-corrected chi connectivity index (χ3v) is 10.5. The summed E-state index contributed by atoms with van der Waals surface area (Å²) in [4.78, 5) is 12.0. The molecule has 2 heteroatoms. The van der Waals surface area contributed by atoms with Crippen molar-refractivity contribution in [3.63, 3.8) is 0 Å². The van der Waals surface area contributed by atoms with Gasteiger partial charge in [-0.15, -0.1) is 0 Å². The number of allylic oxidation sites excluding steroid dienone is 3. The normalized spacial score (nSPS) is 41.0. The number of carbonyl (C=O) groups excluding carboxylic acids is 1. The quantitative estimate of drug-likeness (QED) is 0.407. The summed E-state index contributed by atoms with van der Waals surface area (Å²) in [5, 5.41) is 3.38.